The Morgan fingerprint density at radius 2 is 2.00 bits per heavy atom. The van der Waals surface area contributed by atoms with Crippen molar-refractivity contribution in [2.75, 3.05) is 5.73 Å². The van der Waals surface area contributed by atoms with Crippen molar-refractivity contribution in [3.63, 3.8) is 0 Å². The zero-order valence-electron chi connectivity index (χ0n) is 11.7. The summed E-state index contributed by atoms with van der Waals surface area (Å²) in [6.45, 7) is 8.11. The molecule has 1 aromatic rings. The smallest absolute Gasteiger partial charge is 0.0781 e. The predicted octanol–water partition coefficient (Wildman–Crippen LogP) is 3.49. The average molecular weight is 346 g/mol. The standard InChI is InChI=1S/C14H20BrNO2S/c1-13(2)8-12(14(3,4)18-13)19(17)11-6-5-9(16)7-10(11)15/h5-7,12H,8,16H2,1-4H3. The molecule has 0 aromatic heterocycles. The molecule has 1 saturated heterocycles. The van der Waals surface area contributed by atoms with Crippen LogP contribution in [0.2, 0.25) is 0 Å². The van der Waals surface area contributed by atoms with Crippen molar-refractivity contribution in [2.24, 2.45) is 0 Å². The van der Waals surface area contributed by atoms with E-state index in [0.29, 0.717) is 5.69 Å². The first-order chi connectivity index (χ1) is 8.62. The minimum Gasteiger partial charge on any atom is -0.399 e. The lowest BCUT2D eigenvalue weighted by molar-refractivity contribution is -0.0633. The normalized spacial score (nSPS) is 26.3. The topological polar surface area (TPSA) is 52.3 Å². The van der Waals surface area contributed by atoms with Gasteiger partial charge in [-0.25, -0.2) is 0 Å². The van der Waals surface area contributed by atoms with Gasteiger partial charge in [0.1, 0.15) is 0 Å². The first-order valence-corrected chi connectivity index (χ1v) is 8.29. The van der Waals surface area contributed by atoms with Gasteiger partial charge in [0.25, 0.3) is 0 Å². The summed E-state index contributed by atoms with van der Waals surface area (Å²) in [6, 6.07) is 5.41. The van der Waals surface area contributed by atoms with Crippen molar-refractivity contribution < 1.29 is 8.95 Å². The van der Waals surface area contributed by atoms with Gasteiger partial charge in [-0.2, -0.15) is 0 Å². The van der Waals surface area contributed by atoms with Crippen molar-refractivity contribution in [3.8, 4) is 0 Å². The van der Waals surface area contributed by atoms with Crippen LogP contribution < -0.4 is 5.73 Å². The Morgan fingerprint density at radius 3 is 2.47 bits per heavy atom. The van der Waals surface area contributed by atoms with E-state index in [1.165, 1.54) is 0 Å². The predicted molar refractivity (Wildman–Crippen MR) is 82.6 cm³/mol. The Morgan fingerprint density at radius 1 is 1.37 bits per heavy atom. The molecular formula is C14H20BrNO2S. The van der Waals surface area contributed by atoms with Gasteiger partial charge >= 0.3 is 0 Å². The van der Waals surface area contributed by atoms with Gasteiger partial charge in [0.2, 0.25) is 0 Å². The SMILES string of the molecule is CC1(C)CC(S(=O)c2ccc(N)cc2Br)C(C)(C)O1. The third-order valence-corrected chi connectivity index (χ3v) is 6.38. The number of ether oxygens (including phenoxy) is 1. The lowest BCUT2D eigenvalue weighted by Crippen LogP contribution is -2.35. The second kappa shape index (κ2) is 4.86. The maximum atomic E-state index is 12.8. The minimum absolute atomic E-state index is 0.0255. The van der Waals surface area contributed by atoms with Gasteiger partial charge in [-0.1, -0.05) is 0 Å². The van der Waals surface area contributed by atoms with E-state index in [1.807, 2.05) is 33.8 Å². The van der Waals surface area contributed by atoms with Gasteiger partial charge in [-0.3, -0.25) is 4.21 Å². The first-order valence-electron chi connectivity index (χ1n) is 6.28. The summed E-state index contributed by atoms with van der Waals surface area (Å²) in [7, 11) is -1.12. The van der Waals surface area contributed by atoms with Gasteiger partial charge in [0.15, 0.2) is 0 Å². The summed E-state index contributed by atoms with van der Waals surface area (Å²) >= 11 is 3.45. The summed E-state index contributed by atoms with van der Waals surface area (Å²) in [5.74, 6) is 0. The number of rotatable bonds is 2. The molecule has 3 nitrogen and oxygen atoms in total. The molecule has 0 radical (unpaired) electrons. The van der Waals surface area contributed by atoms with E-state index in [0.717, 1.165) is 15.8 Å². The van der Waals surface area contributed by atoms with Gasteiger partial charge in [-0.15, -0.1) is 0 Å². The van der Waals surface area contributed by atoms with Crippen LogP contribution in [0.5, 0.6) is 0 Å². The molecule has 0 aliphatic carbocycles. The molecule has 1 aliphatic rings. The second-order valence-corrected chi connectivity index (χ2v) is 8.60. The Bertz CT molecular complexity index is 528. The third kappa shape index (κ3) is 3.03. The van der Waals surface area contributed by atoms with Crippen molar-refractivity contribution in [2.45, 2.75) is 55.5 Å². The van der Waals surface area contributed by atoms with E-state index in [-0.39, 0.29) is 10.9 Å². The molecule has 5 heteroatoms. The van der Waals surface area contributed by atoms with Crippen LogP contribution in [0.1, 0.15) is 34.1 Å². The molecule has 2 rings (SSSR count). The number of benzene rings is 1. The van der Waals surface area contributed by atoms with Crippen molar-refractivity contribution in [3.05, 3.63) is 22.7 Å². The van der Waals surface area contributed by atoms with E-state index in [4.69, 9.17) is 10.5 Å². The lowest BCUT2D eigenvalue weighted by atomic mass is 10.0. The lowest BCUT2D eigenvalue weighted by Gasteiger charge is -2.27. The van der Waals surface area contributed by atoms with Crippen LogP contribution >= 0.6 is 15.9 Å². The molecular weight excluding hydrogens is 326 g/mol. The summed E-state index contributed by atoms with van der Waals surface area (Å²) in [4.78, 5) is 0.786. The Hall–Kier alpha value is -0.390. The summed E-state index contributed by atoms with van der Waals surface area (Å²) in [6.07, 6.45) is 0.781. The van der Waals surface area contributed by atoms with Crippen molar-refractivity contribution >= 4 is 32.4 Å². The molecule has 0 bridgehead atoms. The number of hydrogen-bond acceptors (Lipinski definition) is 3. The second-order valence-electron chi connectivity index (χ2n) is 6.15. The van der Waals surface area contributed by atoms with E-state index in [2.05, 4.69) is 15.9 Å². The van der Waals surface area contributed by atoms with Crippen LogP contribution in [0.3, 0.4) is 0 Å². The van der Waals surface area contributed by atoms with Crippen LogP contribution in [-0.2, 0) is 15.5 Å². The average Bonchev–Trinajstić information content (AvgIpc) is 2.45. The Balaban J connectivity index is 2.34. The maximum Gasteiger partial charge on any atom is 0.0781 e. The van der Waals surface area contributed by atoms with Gasteiger partial charge in [0, 0.05) is 10.2 Å². The summed E-state index contributed by atoms with van der Waals surface area (Å²) < 4.78 is 19.7. The maximum absolute atomic E-state index is 12.8. The fraction of sp³-hybridized carbons (Fsp3) is 0.571. The molecule has 1 aliphatic heterocycles. The fourth-order valence-electron chi connectivity index (χ4n) is 2.68. The highest BCUT2D eigenvalue weighted by molar-refractivity contribution is 9.10. The Labute approximate surface area is 125 Å². The zero-order valence-corrected chi connectivity index (χ0v) is 14.1. The molecule has 2 unspecified atom stereocenters. The molecule has 1 heterocycles. The summed E-state index contributed by atoms with van der Waals surface area (Å²) in [5, 5.41) is -0.0255. The van der Waals surface area contributed by atoms with Crippen molar-refractivity contribution in [1.82, 2.24) is 0 Å². The van der Waals surface area contributed by atoms with Crippen LogP contribution in [-0.4, -0.2) is 20.7 Å². The van der Waals surface area contributed by atoms with E-state index in [9.17, 15) is 4.21 Å². The zero-order chi connectivity index (χ0) is 14.4. The quantitative estimate of drug-likeness (QED) is 0.834. The van der Waals surface area contributed by atoms with Gasteiger partial charge in [0.05, 0.1) is 32.1 Å². The fourth-order valence-corrected chi connectivity index (χ4v) is 5.43. The highest BCUT2D eigenvalue weighted by Gasteiger charge is 2.49. The van der Waals surface area contributed by atoms with Crippen LogP contribution in [0.4, 0.5) is 5.69 Å². The van der Waals surface area contributed by atoms with Crippen molar-refractivity contribution in [1.29, 1.82) is 0 Å². The van der Waals surface area contributed by atoms with Gasteiger partial charge < -0.3 is 10.5 Å². The highest BCUT2D eigenvalue weighted by Crippen LogP contribution is 2.42. The third-order valence-electron chi connectivity index (χ3n) is 3.42. The van der Waals surface area contributed by atoms with E-state index in [1.54, 1.807) is 12.1 Å². The molecule has 2 atom stereocenters. The minimum atomic E-state index is -1.12. The number of halogens is 1. The molecule has 1 aromatic carbocycles. The molecule has 0 saturated carbocycles. The number of nitrogen functional groups attached to an aromatic ring is 1. The molecule has 0 amide bonds. The highest BCUT2D eigenvalue weighted by atomic mass is 79.9. The van der Waals surface area contributed by atoms with Crippen LogP contribution in [0.15, 0.2) is 27.6 Å². The van der Waals surface area contributed by atoms with Gasteiger partial charge in [-0.05, 0) is 68.2 Å². The number of anilines is 1. The number of nitrogens with two attached hydrogens (primary N) is 1. The first kappa shape index (κ1) is 15.0. The van der Waals surface area contributed by atoms with Crippen LogP contribution in [0.25, 0.3) is 0 Å². The summed E-state index contributed by atoms with van der Waals surface area (Å²) in [5.41, 5.74) is 5.76. The van der Waals surface area contributed by atoms with Crippen LogP contribution in [0, 0.1) is 0 Å². The molecule has 19 heavy (non-hydrogen) atoms. The van der Waals surface area contributed by atoms with E-state index >= 15 is 0 Å². The number of hydrogen-bond donors (Lipinski definition) is 1. The monoisotopic (exact) mass is 345 g/mol. The molecule has 106 valence electrons. The molecule has 0 spiro atoms. The van der Waals surface area contributed by atoms with E-state index < -0.39 is 16.4 Å². The largest absolute Gasteiger partial charge is 0.399 e. The Kier molecular flexibility index (Phi) is 3.84. The molecule has 2 N–H and O–H groups in total. The molecule has 1 fully saturated rings.